The summed E-state index contributed by atoms with van der Waals surface area (Å²) in [5, 5.41) is -0.977. The van der Waals surface area contributed by atoms with Gasteiger partial charge >= 0.3 is 6.18 Å². The summed E-state index contributed by atoms with van der Waals surface area (Å²) in [4.78, 5) is -0.139. The molecule has 0 radical (unpaired) electrons. The van der Waals surface area contributed by atoms with Crippen molar-refractivity contribution >= 4 is 27.2 Å². The first-order chi connectivity index (χ1) is 8.10. The highest BCUT2D eigenvalue weighted by Crippen LogP contribution is 2.21. The summed E-state index contributed by atoms with van der Waals surface area (Å²) in [5.41, 5.74) is 5.28. The average Bonchev–Trinajstić information content (AvgIpc) is 2.14. The number of thiocarbonyl (C=S) groups is 1. The molecule has 0 aliphatic rings. The molecule has 4 nitrogen and oxygen atoms in total. The fourth-order valence-corrected chi connectivity index (χ4v) is 3.26. The monoisotopic (exact) mass is 306 g/mol. The van der Waals surface area contributed by atoms with Crippen molar-refractivity contribution in [1.29, 1.82) is 0 Å². The number of rotatable bonds is 8. The van der Waals surface area contributed by atoms with Gasteiger partial charge in [0.1, 0.15) is 5.25 Å². The Balaban J connectivity index is 4.09. The molecule has 18 heavy (non-hydrogen) atoms. The van der Waals surface area contributed by atoms with Crippen molar-refractivity contribution in [2.75, 3.05) is 6.54 Å². The van der Waals surface area contributed by atoms with Crippen LogP contribution in [0.25, 0.3) is 0 Å². The first kappa shape index (κ1) is 17.6. The van der Waals surface area contributed by atoms with Crippen LogP contribution in [0.4, 0.5) is 13.2 Å². The molecule has 0 fully saturated rings. The van der Waals surface area contributed by atoms with E-state index in [0.29, 0.717) is 0 Å². The van der Waals surface area contributed by atoms with E-state index in [2.05, 4.69) is 16.9 Å². The molecule has 0 amide bonds. The van der Waals surface area contributed by atoms with E-state index in [1.807, 2.05) is 0 Å². The molecule has 3 N–H and O–H groups in total. The summed E-state index contributed by atoms with van der Waals surface area (Å²) in [6.45, 7) is 1.57. The number of hydrogen-bond donors (Lipinski definition) is 2. The lowest BCUT2D eigenvalue weighted by molar-refractivity contribution is -0.135. The van der Waals surface area contributed by atoms with E-state index in [1.165, 1.54) is 0 Å². The van der Waals surface area contributed by atoms with Gasteiger partial charge in [-0.05, 0) is 19.3 Å². The number of sulfonamides is 1. The fraction of sp³-hybridized carbons (Fsp3) is 0.889. The standard InChI is InChI=1S/C9H17F3N2O2S2/c1-2-7(8(13)17)18(15,16)14-6-4-3-5-9(10,11)12/h7,14H,2-6H2,1H3,(H2,13,17). The minimum Gasteiger partial charge on any atom is -0.392 e. The van der Waals surface area contributed by atoms with E-state index in [0.717, 1.165) is 0 Å². The molecule has 9 heteroatoms. The van der Waals surface area contributed by atoms with Gasteiger partial charge in [-0.25, -0.2) is 13.1 Å². The molecular formula is C9H17F3N2O2S2. The summed E-state index contributed by atoms with van der Waals surface area (Å²) in [7, 11) is -3.69. The van der Waals surface area contributed by atoms with Crippen LogP contribution >= 0.6 is 12.2 Å². The molecule has 1 atom stereocenters. The molecule has 0 saturated heterocycles. The van der Waals surface area contributed by atoms with Gasteiger partial charge in [-0.1, -0.05) is 19.1 Å². The van der Waals surface area contributed by atoms with Crippen LogP contribution in [-0.4, -0.2) is 31.4 Å². The predicted molar refractivity (Wildman–Crippen MR) is 67.7 cm³/mol. The van der Waals surface area contributed by atoms with E-state index in [-0.39, 0.29) is 30.8 Å². The fourth-order valence-electron chi connectivity index (χ4n) is 1.34. The van der Waals surface area contributed by atoms with E-state index in [1.54, 1.807) is 6.92 Å². The molecule has 0 aromatic rings. The Morgan fingerprint density at radius 3 is 2.33 bits per heavy atom. The van der Waals surface area contributed by atoms with Gasteiger partial charge < -0.3 is 5.73 Å². The largest absolute Gasteiger partial charge is 0.392 e. The molecule has 108 valence electrons. The van der Waals surface area contributed by atoms with Crippen molar-refractivity contribution in [3.63, 3.8) is 0 Å². The van der Waals surface area contributed by atoms with Gasteiger partial charge in [-0.15, -0.1) is 0 Å². The Kier molecular flexibility index (Phi) is 7.08. The van der Waals surface area contributed by atoms with Crippen molar-refractivity contribution in [2.24, 2.45) is 5.73 Å². The molecule has 0 heterocycles. The molecule has 0 rings (SSSR count). The van der Waals surface area contributed by atoms with Gasteiger partial charge in [0.2, 0.25) is 10.0 Å². The number of hydrogen-bond acceptors (Lipinski definition) is 3. The highest BCUT2D eigenvalue weighted by atomic mass is 32.2. The maximum atomic E-state index is 11.8. The highest BCUT2D eigenvalue weighted by Gasteiger charge is 2.27. The van der Waals surface area contributed by atoms with Gasteiger partial charge in [0.25, 0.3) is 0 Å². The molecule has 0 bridgehead atoms. The van der Waals surface area contributed by atoms with E-state index < -0.39 is 27.9 Å². The summed E-state index contributed by atoms with van der Waals surface area (Å²) < 4.78 is 61.0. The minimum atomic E-state index is -4.20. The van der Waals surface area contributed by atoms with Crippen molar-refractivity contribution in [2.45, 2.75) is 44.0 Å². The maximum Gasteiger partial charge on any atom is 0.389 e. The van der Waals surface area contributed by atoms with Crippen LogP contribution in [0.1, 0.15) is 32.6 Å². The second-order valence-electron chi connectivity index (χ2n) is 3.81. The maximum absolute atomic E-state index is 11.8. The Bertz CT molecular complexity index is 368. The Hall–Kier alpha value is -0.410. The van der Waals surface area contributed by atoms with Crippen molar-refractivity contribution in [1.82, 2.24) is 4.72 Å². The average molecular weight is 306 g/mol. The van der Waals surface area contributed by atoms with Crippen LogP contribution in [-0.2, 0) is 10.0 Å². The van der Waals surface area contributed by atoms with Gasteiger partial charge in [-0.2, -0.15) is 13.2 Å². The Morgan fingerprint density at radius 1 is 1.39 bits per heavy atom. The lowest BCUT2D eigenvalue weighted by Crippen LogP contribution is -2.41. The van der Waals surface area contributed by atoms with Crippen LogP contribution in [0.5, 0.6) is 0 Å². The summed E-state index contributed by atoms with van der Waals surface area (Å²) in [6.07, 6.45) is -4.89. The quantitative estimate of drug-likeness (QED) is 0.529. The van der Waals surface area contributed by atoms with E-state index >= 15 is 0 Å². The molecule has 0 aromatic carbocycles. The number of unbranched alkanes of at least 4 members (excludes halogenated alkanes) is 1. The Labute approximate surface area is 110 Å². The summed E-state index contributed by atoms with van der Waals surface area (Å²) in [5.74, 6) is 0. The SMILES string of the molecule is CCC(C(N)=S)S(=O)(=O)NCCCCC(F)(F)F. The van der Waals surface area contributed by atoms with Crippen LogP contribution in [0, 0.1) is 0 Å². The molecular weight excluding hydrogens is 289 g/mol. The molecule has 0 spiro atoms. The second-order valence-corrected chi connectivity index (χ2v) is 6.23. The minimum absolute atomic E-state index is 0.0441. The van der Waals surface area contributed by atoms with Gasteiger partial charge in [0.05, 0.1) is 4.99 Å². The zero-order valence-electron chi connectivity index (χ0n) is 9.96. The third-order valence-electron chi connectivity index (χ3n) is 2.25. The van der Waals surface area contributed by atoms with Gasteiger partial charge in [0.15, 0.2) is 0 Å². The first-order valence-electron chi connectivity index (χ1n) is 5.44. The molecule has 1 unspecified atom stereocenters. The molecule has 0 aromatic heterocycles. The lowest BCUT2D eigenvalue weighted by atomic mass is 10.2. The van der Waals surface area contributed by atoms with Crippen molar-refractivity contribution in [3.8, 4) is 0 Å². The molecule has 0 aliphatic heterocycles. The van der Waals surface area contributed by atoms with Gasteiger partial charge in [-0.3, -0.25) is 0 Å². The number of halogens is 3. The summed E-state index contributed by atoms with van der Waals surface area (Å²) >= 11 is 4.62. The second kappa shape index (κ2) is 7.25. The zero-order chi connectivity index (χ0) is 14.4. The number of alkyl halides is 3. The zero-order valence-corrected chi connectivity index (χ0v) is 11.6. The topological polar surface area (TPSA) is 72.2 Å². The summed E-state index contributed by atoms with van der Waals surface area (Å²) in [6, 6.07) is 0. The van der Waals surface area contributed by atoms with Crippen LogP contribution < -0.4 is 10.5 Å². The predicted octanol–water partition coefficient (Wildman–Crippen LogP) is 1.70. The van der Waals surface area contributed by atoms with Crippen LogP contribution in [0.3, 0.4) is 0 Å². The van der Waals surface area contributed by atoms with E-state index in [4.69, 9.17) is 5.73 Å². The number of nitrogens with two attached hydrogens (primary N) is 1. The normalized spacial score (nSPS) is 14.4. The first-order valence-corrected chi connectivity index (χ1v) is 7.40. The molecule has 0 aliphatic carbocycles. The Morgan fingerprint density at radius 2 is 1.94 bits per heavy atom. The smallest absolute Gasteiger partial charge is 0.389 e. The third kappa shape index (κ3) is 7.12. The van der Waals surface area contributed by atoms with Crippen molar-refractivity contribution in [3.05, 3.63) is 0 Å². The van der Waals surface area contributed by atoms with Gasteiger partial charge in [0, 0.05) is 13.0 Å². The lowest BCUT2D eigenvalue weighted by Gasteiger charge is -2.15. The van der Waals surface area contributed by atoms with Crippen LogP contribution in [0.2, 0.25) is 0 Å². The third-order valence-corrected chi connectivity index (χ3v) is 4.63. The van der Waals surface area contributed by atoms with E-state index in [9.17, 15) is 21.6 Å². The highest BCUT2D eigenvalue weighted by molar-refractivity contribution is 7.93. The number of nitrogens with one attached hydrogen (secondary N) is 1. The van der Waals surface area contributed by atoms with Crippen LogP contribution in [0.15, 0.2) is 0 Å². The molecule has 0 saturated carbocycles. The van der Waals surface area contributed by atoms with Crippen molar-refractivity contribution < 1.29 is 21.6 Å².